The summed E-state index contributed by atoms with van der Waals surface area (Å²) < 4.78 is 0. The van der Waals surface area contributed by atoms with Gasteiger partial charge in [0.1, 0.15) is 0 Å². The molecule has 0 N–H and O–H groups in total. The van der Waals surface area contributed by atoms with Gasteiger partial charge < -0.3 is 0 Å². The summed E-state index contributed by atoms with van der Waals surface area (Å²) in [7, 11) is 0. The van der Waals surface area contributed by atoms with Crippen LogP contribution < -0.4 is 0 Å². The van der Waals surface area contributed by atoms with Crippen molar-refractivity contribution in [1.82, 2.24) is 0 Å². The Morgan fingerprint density at radius 2 is 0.585 bits per heavy atom. The molecule has 0 aliphatic carbocycles. The number of hydrogen-bond acceptors (Lipinski definition) is 2. The van der Waals surface area contributed by atoms with Gasteiger partial charge in [-0.1, -0.05) is 231 Å². The molecule has 0 heterocycles. The van der Waals surface area contributed by atoms with Gasteiger partial charge in [0.05, 0.1) is 22.8 Å². The first-order valence-electron chi connectivity index (χ1n) is 28.0. The molecule has 0 bridgehead atoms. The molecule has 65 heavy (non-hydrogen) atoms. The normalized spacial score (nSPS) is 11.5. The molecule has 0 unspecified atom stereocenters. The van der Waals surface area contributed by atoms with E-state index in [0.717, 1.165) is 75.6 Å². The average molecular weight is 932 g/mol. The molecule has 0 saturated heterocycles. The van der Waals surface area contributed by atoms with Gasteiger partial charge in [0, 0.05) is 42.2 Å². The van der Waals surface area contributed by atoms with E-state index in [4.69, 9.17) is 9.98 Å². The van der Waals surface area contributed by atoms with Gasteiger partial charge in [-0.15, -0.1) is 23.7 Å². The van der Waals surface area contributed by atoms with E-state index >= 15 is 0 Å². The van der Waals surface area contributed by atoms with Crippen LogP contribution in [0.1, 0.15) is 283 Å². The van der Waals surface area contributed by atoms with Crippen molar-refractivity contribution in [1.29, 1.82) is 0 Å². The summed E-state index contributed by atoms with van der Waals surface area (Å²) in [5, 5.41) is 0. The zero-order valence-corrected chi connectivity index (χ0v) is 44.1. The van der Waals surface area contributed by atoms with Gasteiger partial charge in [-0.3, -0.25) is 9.98 Å². The van der Waals surface area contributed by atoms with Gasteiger partial charge >= 0.3 is 0 Å². The maximum absolute atomic E-state index is 5.61. The van der Waals surface area contributed by atoms with E-state index in [1.807, 2.05) is 0 Å². The Balaban J connectivity index is 0.0000211. The van der Waals surface area contributed by atoms with Crippen LogP contribution in [0.3, 0.4) is 0 Å². The van der Waals surface area contributed by atoms with Crippen molar-refractivity contribution in [2.24, 2.45) is 9.98 Å². The Bertz CT molecular complexity index is 1450. The molecule has 368 valence electrons. The van der Waals surface area contributed by atoms with Crippen LogP contribution in [0.5, 0.6) is 0 Å². The summed E-state index contributed by atoms with van der Waals surface area (Å²) in [6.45, 7) is 9.21. The minimum absolute atomic E-state index is 0. The molecule has 0 aliphatic heterocycles. The number of benzene rings is 2. The fraction of sp³-hybridized carbons (Fsp3) is 0.710. The standard InChI is InChI=1S/C62H100N2.Ni/c1-5-9-13-17-21-23-25-27-29-31-33-35-37-41-49-57-51-45-47-53-59(57)63-61(55-43-39-19-15-11-7-3)62(56-44-40-20-16-12-8-4)64-60-54-48-46-52-58(60)50-42-38-36-34-32-30-28-26-24-22-18-14-10-6-2;/h45-48,51-54H,5-32,37-44,49-50,55-56H2,1-4H3;. The number of para-hydroxylation sites is 2. The second-order valence-corrected chi connectivity index (χ2v) is 19.0. The Labute approximate surface area is 415 Å². The first-order chi connectivity index (χ1) is 31.7. The molecule has 0 radical (unpaired) electrons. The molecule has 2 aromatic rings. The third-order valence-electron chi connectivity index (χ3n) is 12.9. The molecule has 3 heteroatoms. The largest absolute Gasteiger partial charge is 0.251 e. The Morgan fingerprint density at radius 3 is 0.908 bits per heavy atom. The molecule has 2 aromatic carbocycles. The van der Waals surface area contributed by atoms with Crippen LogP contribution in [0.15, 0.2) is 58.5 Å². The van der Waals surface area contributed by atoms with Crippen molar-refractivity contribution in [3.63, 3.8) is 0 Å². The molecule has 0 spiro atoms. The SMILES string of the molecule is CCCCCCCCCCCC#CCCCc1ccccc1N=C(CCCCCCCC)C(CCCCCCCC)=Nc1ccccc1CCCC#CCCCCCCCCCCC.[Ni]. The van der Waals surface area contributed by atoms with Gasteiger partial charge in [0.2, 0.25) is 0 Å². The number of unbranched alkanes of at least 4 members (excludes halogenated alkanes) is 30. The van der Waals surface area contributed by atoms with Crippen molar-refractivity contribution >= 4 is 22.8 Å². The summed E-state index contributed by atoms with van der Waals surface area (Å²) in [5.74, 6) is 14.0. The quantitative estimate of drug-likeness (QED) is 0.0275. The summed E-state index contributed by atoms with van der Waals surface area (Å²) in [4.78, 5) is 11.2. The van der Waals surface area contributed by atoms with Gasteiger partial charge in [-0.2, -0.15) is 0 Å². The average Bonchev–Trinajstić information content (AvgIpc) is 3.31. The molecule has 2 rings (SSSR count). The smallest absolute Gasteiger partial charge is 0.0665 e. The van der Waals surface area contributed by atoms with Crippen molar-refractivity contribution in [2.45, 2.75) is 285 Å². The van der Waals surface area contributed by atoms with Gasteiger partial charge in [-0.25, -0.2) is 0 Å². The predicted octanol–water partition coefficient (Wildman–Crippen LogP) is 20.5. The predicted molar refractivity (Wildman–Crippen MR) is 288 cm³/mol. The van der Waals surface area contributed by atoms with Crippen LogP contribution in [-0.4, -0.2) is 11.4 Å². The fourth-order valence-electron chi connectivity index (χ4n) is 8.76. The third-order valence-corrected chi connectivity index (χ3v) is 12.9. The number of nitrogens with zero attached hydrogens (tertiary/aromatic N) is 2. The summed E-state index contributed by atoms with van der Waals surface area (Å²) in [6, 6.07) is 17.8. The van der Waals surface area contributed by atoms with E-state index in [1.165, 1.54) is 215 Å². The molecule has 2 nitrogen and oxygen atoms in total. The van der Waals surface area contributed by atoms with Gasteiger partial charge in [0.15, 0.2) is 0 Å². The molecule has 0 fully saturated rings. The van der Waals surface area contributed by atoms with E-state index < -0.39 is 0 Å². The number of hydrogen-bond donors (Lipinski definition) is 0. The van der Waals surface area contributed by atoms with Crippen molar-refractivity contribution in [3.05, 3.63) is 59.7 Å². The van der Waals surface area contributed by atoms with Crippen LogP contribution in [0.2, 0.25) is 0 Å². The van der Waals surface area contributed by atoms with Crippen LogP contribution >= 0.6 is 0 Å². The van der Waals surface area contributed by atoms with E-state index in [-0.39, 0.29) is 16.5 Å². The Kier molecular flexibility index (Phi) is 43.2. The number of aliphatic imine (C=N–C) groups is 2. The molecular weight excluding hydrogens is 831 g/mol. The topological polar surface area (TPSA) is 24.7 Å². The van der Waals surface area contributed by atoms with Crippen molar-refractivity contribution in [2.75, 3.05) is 0 Å². The van der Waals surface area contributed by atoms with Crippen molar-refractivity contribution in [3.8, 4) is 23.7 Å². The summed E-state index contributed by atoms with van der Waals surface area (Å²) in [5.41, 5.74) is 7.40. The van der Waals surface area contributed by atoms with Crippen LogP contribution in [0.4, 0.5) is 11.4 Å². The molecule has 0 saturated carbocycles. The molecular formula is C62H100N2Ni. The van der Waals surface area contributed by atoms with E-state index in [0.29, 0.717) is 0 Å². The monoisotopic (exact) mass is 931 g/mol. The molecule has 0 atom stereocenters. The minimum atomic E-state index is 0. The maximum atomic E-state index is 5.61. The molecule has 0 aliphatic rings. The Hall–Kier alpha value is -2.61. The zero-order chi connectivity index (χ0) is 45.6. The second kappa shape index (κ2) is 46.5. The number of aryl methyl sites for hydroxylation is 2. The summed E-state index contributed by atoms with van der Waals surface area (Å²) >= 11 is 0. The second-order valence-electron chi connectivity index (χ2n) is 19.0. The van der Waals surface area contributed by atoms with Gasteiger partial charge in [0.25, 0.3) is 0 Å². The minimum Gasteiger partial charge on any atom is -0.251 e. The maximum Gasteiger partial charge on any atom is 0.0665 e. The summed E-state index contributed by atoms with van der Waals surface area (Å²) in [6.07, 6.45) is 50.3. The van der Waals surface area contributed by atoms with E-state index in [9.17, 15) is 0 Å². The van der Waals surface area contributed by atoms with E-state index in [2.05, 4.69) is 99.9 Å². The van der Waals surface area contributed by atoms with Crippen molar-refractivity contribution < 1.29 is 16.5 Å². The van der Waals surface area contributed by atoms with Crippen LogP contribution in [-0.2, 0) is 29.3 Å². The van der Waals surface area contributed by atoms with Gasteiger partial charge in [-0.05, 0) is 87.5 Å². The number of rotatable bonds is 41. The van der Waals surface area contributed by atoms with Crippen LogP contribution in [0.25, 0.3) is 0 Å². The first-order valence-corrected chi connectivity index (χ1v) is 28.0. The molecule has 0 amide bonds. The van der Waals surface area contributed by atoms with E-state index in [1.54, 1.807) is 0 Å². The fourth-order valence-corrected chi connectivity index (χ4v) is 8.76. The zero-order valence-electron chi connectivity index (χ0n) is 43.1. The third kappa shape index (κ3) is 34.4. The first kappa shape index (κ1) is 60.4. The van der Waals surface area contributed by atoms with Crippen LogP contribution in [0, 0.1) is 23.7 Å². The molecule has 0 aromatic heterocycles. The Morgan fingerprint density at radius 1 is 0.323 bits per heavy atom.